The molecule has 1 aromatic heterocycles. The number of methoxy groups -OCH3 is 1. The van der Waals surface area contributed by atoms with Gasteiger partial charge in [0.1, 0.15) is 5.75 Å². The summed E-state index contributed by atoms with van der Waals surface area (Å²) in [5, 5.41) is 19.2. The second-order valence-corrected chi connectivity index (χ2v) is 9.30. The summed E-state index contributed by atoms with van der Waals surface area (Å²) >= 11 is 13.7. The fourth-order valence-electron chi connectivity index (χ4n) is 3.52. The van der Waals surface area contributed by atoms with E-state index >= 15 is 0 Å². The Morgan fingerprint density at radius 3 is 2.47 bits per heavy atom. The van der Waals surface area contributed by atoms with Gasteiger partial charge in [-0.3, -0.25) is 9.36 Å². The van der Waals surface area contributed by atoms with Crippen LogP contribution < -0.4 is 9.64 Å². The maximum atomic E-state index is 13.2. The van der Waals surface area contributed by atoms with E-state index in [0.717, 1.165) is 17.0 Å². The van der Waals surface area contributed by atoms with Gasteiger partial charge in [0.2, 0.25) is 5.91 Å². The molecule has 0 atom stereocenters. The van der Waals surface area contributed by atoms with E-state index in [2.05, 4.69) is 16.3 Å². The molecule has 0 aliphatic carbocycles. The Hall–Kier alpha value is -3.51. The molecule has 0 saturated heterocycles. The number of carbonyl (C=O) groups is 1. The number of hydrogen-bond acceptors (Lipinski definition) is 6. The monoisotopic (exact) mass is 537 g/mol. The summed E-state index contributed by atoms with van der Waals surface area (Å²) < 4.78 is 7.10. The van der Waals surface area contributed by atoms with Crippen molar-refractivity contribution in [2.75, 3.05) is 24.3 Å². The van der Waals surface area contributed by atoms with Gasteiger partial charge in [0.15, 0.2) is 11.0 Å². The number of aromatic nitrogens is 3. The van der Waals surface area contributed by atoms with Crippen molar-refractivity contribution in [1.82, 2.24) is 14.8 Å². The Bertz CT molecular complexity index is 1390. The van der Waals surface area contributed by atoms with E-state index < -0.39 is 0 Å². The average molecular weight is 538 g/mol. The lowest BCUT2D eigenvalue weighted by Crippen LogP contribution is -2.33. The van der Waals surface area contributed by atoms with Gasteiger partial charge in [-0.2, -0.15) is 5.26 Å². The molecule has 1 heterocycles. The molecule has 0 fully saturated rings. The molecule has 0 saturated carbocycles. The number of benzene rings is 3. The Kier molecular flexibility index (Phi) is 8.49. The second kappa shape index (κ2) is 12.0. The molecule has 0 radical (unpaired) electrons. The SMILES string of the molecule is COc1ccc(-c2nnc(SCC(=O)N(CCC#N)c3ccccc3)n2-c2ccc(Cl)c(Cl)c2)cc1. The van der Waals surface area contributed by atoms with Gasteiger partial charge in [0, 0.05) is 17.8 Å². The number of halogens is 2. The molecule has 0 unspecified atom stereocenters. The van der Waals surface area contributed by atoms with Gasteiger partial charge in [0.05, 0.1) is 41.1 Å². The predicted molar refractivity (Wildman–Crippen MR) is 143 cm³/mol. The van der Waals surface area contributed by atoms with Crippen molar-refractivity contribution in [3.8, 4) is 28.9 Å². The van der Waals surface area contributed by atoms with E-state index in [0.29, 0.717) is 33.3 Å². The van der Waals surface area contributed by atoms with Crippen LogP contribution in [0, 0.1) is 11.3 Å². The molecule has 7 nitrogen and oxygen atoms in total. The molecule has 182 valence electrons. The van der Waals surface area contributed by atoms with Gasteiger partial charge < -0.3 is 9.64 Å². The third-order valence-corrected chi connectivity index (χ3v) is 6.94. The van der Waals surface area contributed by atoms with Crippen LogP contribution in [0.5, 0.6) is 5.75 Å². The zero-order chi connectivity index (χ0) is 25.5. The van der Waals surface area contributed by atoms with Crippen LogP contribution in [0.3, 0.4) is 0 Å². The van der Waals surface area contributed by atoms with Crippen LogP contribution in [0.15, 0.2) is 78.0 Å². The fraction of sp³-hybridized carbons (Fsp3) is 0.154. The first-order valence-corrected chi connectivity index (χ1v) is 12.7. The summed E-state index contributed by atoms with van der Waals surface area (Å²) in [5.74, 6) is 1.26. The first-order valence-electron chi connectivity index (χ1n) is 10.9. The molecule has 1 amide bonds. The Morgan fingerprint density at radius 1 is 1.06 bits per heavy atom. The van der Waals surface area contributed by atoms with Crippen molar-refractivity contribution in [1.29, 1.82) is 5.26 Å². The Morgan fingerprint density at radius 2 is 1.81 bits per heavy atom. The van der Waals surface area contributed by atoms with Crippen LogP contribution in [0.1, 0.15) is 6.42 Å². The van der Waals surface area contributed by atoms with Crippen molar-refractivity contribution in [3.63, 3.8) is 0 Å². The first kappa shape index (κ1) is 25.6. The number of nitrogens with zero attached hydrogens (tertiary/aromatic N) is 5. The molecule has 0 aliphatic heterocycles. The van der Waals surface area contributed by atoms with Crippen molar-refractivity contribution >= 4 is 46.6 Å². The van der Waals surface area contributed by atoms with Crippen LogP contribution in [0.2, 0.25) is 10.0 Å². The summed E-state index contributed by atoms with van der Waals surface area (Å²) in [4.78, 5) is 14.8. The number of rotatable bonds is 9. The molecule has 36 heavy (non-hydrogen) atoms. The summed E-state index contributed by atoms with van der Waals surface area (Å²) in [5.41, 5.74) is 2.26. The van der Waals surface area contributed by atoms with Crippen LogP contribution in [-0.4, -0.2) is 40.1 Å². The summed E-state index contributed by atoms with van der Waals surface area (Å²) in [6.07, 6.45) is 0.229. The van der Waals surface area contributed by atoms with Crippen molar-refractivity contribution in [3.05, 3.63) is 82.8 Å². The zero-order valence-corrected chi connectivity index (χ0v) is 21.6. The van der Waals surface area contributed by atoms with Crippen molar-refractivity contribution < 1.29 is 9.53 Å². The highest BCUT2D eigenvalue weighted by Crippen LogP contribution is 2.32. The largest absolute Gasteiger partial charge is 0.497 e. The molecule has 4 aromatic rings. The summed E-state index contributed by atoms with van der Waals surface area (Å²) in [7, 11) is 1.61. The van der Waals surface area contributed by atoms with Crippen LogP contribution in [0.25, 0.3) is 17.1 Å². The third kappa shape index (κ3) is 5.82. The minimum Gasteiger partial charge on any atom is -0.497 e. The lowest BCUT2D eigenvalue weighted by atomic mass is 10.2. The van der Waals surface area contributed by atoms with E-state index in [-0.39, 0.29) is 18.1 Å². The zero-order valence-electron chi connectivity index (χ0n) is 19.3. The number of anilines is 1. The summed E-state index contributed by atoms with van der Waals surface area (Å²) in [6.45, 7) is 0.302. The van der Waals surface area contributed by atoms with E-state index in [1.54, 1.807) is 24.1 Å². The Labute approximate surface area is 223 Å². The highest BCUT2D eigenvalue weighted by molar-refractivity contribution is 7.99. The quantitative estimate of drug-likeness (QED) is 0.233. The van der Waals surface area contributed by atoms with Gasteiger partial charge in [0.25, 0.3) is 0 Å². The number of hydrogen-bond donors (Lipinski definition) is 0. The maximum Gasteiger partial charge on any atom is 0.237 e. The molecule has 10 heteroatoms. The third-order valence-electron chi connectivity index (χ3n) is 5.28. The predicted octanol–water partition coefficient (Wildman–Crippen LogP) is 6.29. The molecule has 3 aromatic carbocycles. The van der Waals surface area contributed by atoms with Gasteiger partial charge in [-0.25, -0.2) is 0 Å². The van der Waals surface area contributed by atoms with E-state index in [9.17, 15) is 4.79 Å². The number of ether oxygens (including phenoxy) is 1. The van der Waals surface area contributed by atoms with Gasteiger partial charge in [-0.15, -0.1) is 10.2 Å². The van der Waals surface area contributed by atoms with E-state index in [1.165, 1.54) is 11.8 Å². The fourth-order valence-corrected chi connectivity index (χ4v) is 4.64. The molecular formula is C26H21Cl2N5O2S. The normalized spacial score (nSPS) is 10.6. The van der Waals surface area contributed by atoms with Crippen LogP contribution in [-0.2, 0) is 4.79 Å². The molecular weight excluding hydrogens is 517 g/mol. The first-order chi connectivity index (χ1) is 17.5. The molecule has 0 bridgehead atoms. The lowest BCUT2D eigenvalue weighted by Gasteiger charge is -2.21. The Balaban J connectivity index is 1.66. The molecule has 0 spiro atoms. The van der Waals surface area contributed by atoms with Gasteiger partial charge in [-0.1, -0.05) is 53.2 Å². The maximum absolute atomic E-state index is 13.2. The molecule has 0 N–H and O–H groups in total. The highest BCUT2D eigenvalue weighted by Gasteiger charge is 2.21. The number of amides is 1. The number of para-hydroxylation sites is 1. The highest BCUT2D eigenvalue weighted by atomic mass is 35.5. The van der Waals surface area contributed by atoms with Crippen molar-refractivity contribution in [2.24, 2.45) is 0 Å². The minimum absolute atomic E-state index is 0.0996. The summed E-state index contributed by atoms with van der Waals surface area (Å²) in [6, 6.07) is 24.1. The lowest BCUT2D eigenvalue weighted by molar-refractivity contribution is -0.116. The average Bonchev–Trinajstić information content (AvgIpc) is 3.34. The van der Waals surface area contributed by atoms with Gasteiger partial charge in [-0.05, 0) is 54.6 Å². The van der Waals surface area contributed by atoms with Crippen LogP contribution >= 0.6 is 35.0 Å². The van der Waals surface area contributed by atoms with Crippen LogP contribution in [0.4, 0.5) is 5.69 Å². The number of carbonyl (C=O) groups excluding carboxylic acids is 1. The standard InChI is InChI=1S/C26H21Cl2N5O2S/c1-35-21-11-8-18(9-12-21)25-30-31-26(33(25)20-10-13-22(27)23(28)16-20)36-17-24(34)32(15-5-14-29)19-6-3-2-4-7-19/h2-4,6-13,16H,5,15,17H2,1H3. The topological polar surface area (TPSA) is 84.0 Å². The smallest absolute Gasteiger partial charge is 0.237 e. The minimum atomic E-state index is -0.142. The van der Waals surface area contributed by atoms with E-state index in [1.807, 2.05) is 65.2 Å². The second-order valence-electron chi connectivity index (χ2n) is 7.55. The number of thioether (sulfide) groups is 1. The van der Waals surface area contributed by atoms with Gasteiger partial charge >= 0.3 is 0 Å². The molecule has 0 aliphatic rings. The van der Waals surface area contributed by atoms with E-state index in [4.69, 9.17) is 33.2 Å². The number of nitriles is 1. The molecule has 4 rings (SSSR count). The van der Waals surface area contributed by atoms with Crippen molar-refractivity contribution in [2.45, 2.75) is 11.6 Å².